The van der Waals surface area contributed by atoms with Crippen molar-refractivity contribution < 1.29 is 14.3 Å². The zero-order valence-electron chi connectivity index (χ0n) is 10.6. The van der Waals surface area contributed by atoms with Crippen molar-refractivity contribution in [2.24, 2.45) is 5.92 Å². The Kier molecular flexibility index (Phi) is 3.32. The molecule has 18 heavy (non-hydrogen) atoms. The number of hydrogen-bond acceptors (Lipinski definition) is 3. The van der Waals surface area contributed by atoms with E-state index < -0.39 is 5.60 Å². The highest BCUT2D eigenvalue weighted by Crippen LogP contribution is 2.34. The first-order valence-corrected chi connectivity index (χ1v) is 6.02. The highest BCUT2D eigenvalue weighted by atomic mass is 16.6. The number of carbonyl (C=O) groups excluding carboxylic acids is 2. The van der Waals surface area contributed by atoms with E-state index >= 15 is 0 Å². The summed E-state index contributed by atoms with van der Waals surface area (Å²) in [4.78, 5) is 22.5. The standard InChI is InChI=1S/C15H16O3/c1-11-4-3-5-13(10-11)15(18-12(2)16)8-6-14(17)7-9-15/h3-9,11H,10H2,1-2H3. The van der Waals surface area contributed by atoms with Crippen molar-refractivity contribution in [3.63, 3.8) is 0 Å². The number of carbonyl (C=O) groups is 2. The molecular formula is C15H16O3. The smallest absolute Gasteiger partial charge is 0.304 e. The summed E-state index contributed by atoms with van der Waals surface area (Å²) in [5.74, 6) is -0.0450. The minimum atomic E-state index is -0.890. The number of hydrogen-bond donors (Lipinski definition) is 0. The van der Waals surface area contributed by atoms with Crippen molar-refractivity contribution in [1.29, 1.82) is 0 Å². The summed E-state index contributed by atoms with van der Waals surface area (Å²) in [6, 6.07) is 0. The summed E-state index contributed by atoms with van der Waals surface area (Å²) in [5.41, 5.74) is 0.103. The molecule has 0 bridgehead atoms. The van der Waals surface area contributed by atoms with Crippen LogP contribution in [0, 0.1) is 5.92 Å². The van der Waals surface area contributed by atoms with Gasteiger partial charge in [0.2, 0.25) is 0 Å². The summed E-state index contributed by atoms with van der Waals surface area (Å²) in [5, 5.41) is 0. The Morgan fingerprint density at radius 3 is 2.61 bits per heavy atom. The van der Waals surface area contributed by atoms with E-state index in [-0.39, 0.29) is 11.8 Å². The van der Waals surface area contributed by atoms with Gasteiger partial charge in [0.25, 0.3) is 0 Å². The molecule has 0 aliphatic heterocycles. The number of ether oxygens (including phenoxy) is 1. The quantitative estimate of drug-likeness (QED) is 0.701. The Bertz CT molecular complexity index is 476. The average Bonchev–Trinajstić information content (AvgIpc) is 2.32. The zero-order chi connectivity index (χ0) is 13.2. The van der Waals surface area contributed by atoms with Gasteiger partial charge in [-0.3, -0.25) is 9.59 Å². The molecule has 3 heteroatoms. The van der Waals surface area contributed by atoms with Gasteiger partial charge in [0, 0.05) is 6.92 Å². The van der Waals surface area contributed by atoms with E-state index in [0.29, 0.717) is 5.92 Å². The molecule has 94 valence electrons. The first-order chi connectivity index (χ1) is 8.52. The topological polar surface area (TPSA) is 43.4 Å². The molecule has 2 aliphatic rings. The zero-order valence-corrected chi connectivity index (χ0v) is 10.6. The van der Waals surface area contributed by atoms with E-state index in [0.717, 1.165) is 12.0 Å². The molecule has 0 heterocycles. The van der Waals surface area contributed by atoms with Crippen LogP contribution in [0.3, 0.4) is 0 Å². The third kappa shape index (κ3) is 2.50. The SMILES string of the molecule is CC(=O)OC1(C2=CC=CC(C)C2)C=CC(=O)C=C1. The largest absolute Gasteiger partial charge is 0.446 e. The number of allylic oxidation sites excluding steroid dienone is 5. The molecule has 3 nitrogen and oxygen atoms in total. The highest BCUT2D eigenvalue weighted by Gasteiger charge is 2.35. The lowest BCUT2D eigenvalue weighted by atomic mass is 9.81. The van der Waals surface area contributed by atoms with Crippen molar-refractivity contribution in [2.45, 2.75) is 25.9 Å². The Balaban J connectivity index is 2.37. The van der Waals surface area contributed by atoms with Crippen LogP contribution in [0.15, 0.2) is 48.1 Å². The fourth-order valence-electron chi connectivity index (χ4n) is 2.24. The van der Waals surface area contributed by atoms with E-state index in [4.69, 9.17) is 4.74 Å². The molecule has 1 unspecified atom stereocenters. The Morgan fingerprint density at radius 1 is 1.39 bits per heavy atom. The van der Waals surface area contributed by atoms with Crippen LogP contribution in [0.1, 0.15) is 20.3 Å². The molecule has 0 saturated heterocycles. The van der Waals surface area contributed by atoms with Crippen molar-refractivity contribution in [2.75, 3.05) is 0 Å². The fourth-order valence-corrected chi connectivity index (χ4v) is 2.24. The van der Waals surface area contributed by atoms with E-state index in [2.05, 4.69) is 13.0 Å². The molecule has 0 saturated carbocycles. The Labute approximate surface area is 107 Å². The Morgan fingerprint density at radius 2 is 2.06 bits per heavy atom. The second-order valence-electron chi connectivity index (χ2n) is 4.71. The highest BCUT2D eigenvalue weighted by molar-refractivity contribution is 6.01. The first kappa shape index (κ1) is 12.6. The predicted octanol–water partition coefficient (Wildman–Crippen LogP) is 2.51. The van der Waals surface area contributed by atoms with Gasteiger partial charge in [-0.25, -0.2) is 0 Å². The van der Waals surface area contributed by atoms with Crippen LogP contribution < -0.4 is 0 Å². The lowest BCUT2D eigenvalue weighted by Gasteiger charge is -2.33. The van der Waals surface area contributed by atoms with E-state index in [1.54, 1.807) is 12.2 Å². The minimum absolute atomic E-state index is 0.0854. The normalized spacial score (nSPS) is 24.9. The van der Waals surface area contributed by atoms with Crippen molar-refractivity contribution in [3.8, 4) is 0 Å². The van der Waals surface area contributed by atoms with Crippen LogP contribution in [0.2, 0.25) is 0 Å². The first-order valence-electron chi connectivity index (χ1n) is 6.02. The van der Waals surface area contributed by atoms with Crippen LogP contribution >= 0.6 is 0 Å². The molecule has 1 atom stereocenters. The maximum Gasteiger partial charge on any atom is 0.304 e. The van der Waals surface area contributed by atoms with Gasteiger partial charge < -0.3 is 4.74 Å². The fraction of sp³-hybridized carbons (Fsp3) is 0.333. The van der Waals surface area contributed by atoms with E-state index in [9.17, 15) is 9.59 Å². The van der Waals surface area contributed by atoms with Gasteiger partial charge in [-0.1, -0.05) is 25.2 Å². The lowest BCUT2D eigenvalue weighted by Crippen LogP contribution is -2.35. The molecule has 2 aliphatic carbocycles. The second kappa shape index (κ2) is 4.77. The van der Waals surface area contributed by atoms with Gasteiger partial charge in [-0.15, -0.1) is 0 Å². The van der Waals surface area contributed by atoms with Gasteiger partial charge in [-0.2, -0.15) is 0 Å². The second-order valence-corrected chi connectivity index (χ2v) is 4.71. The lowest BCUT2D eigenvalue weighted by molar-refractivity contribution is -0.147. The number of ketones is 1. The molecular weight excluding hydrogens is 228 g/mol. The maximum absolute atomic E-state index is 11.3. The van der Waals surface area contributed by atoms with E-state index in [1.807, 2.05) is 12.2 Å². The van der Waals surface area contributed by atoms with Crippen molar-refractivity contribution in [1.82, 2.24) is 0 Å². The minimum Gasteiger partial charge on any atom is -0.446 e. The summed E-state index contributed by atoms with van der Waals surface area (Å²) >= 11 is 0. The predicted molar refractivity (Wildman–Crippen MR) is 68.8 cm³/mol. The third-order valence-corrected chi connectivity index (χ3v) is 3.08. The molecule has 0 aromatic carbocycles. The van der Waals surface area contributed by atoms with Gasteiger partial charge in [0.1, 0.15) is 0 Å². The number of rotatable bonds is 2. The molecule has 0 radical (unpaired) electrons. The molecule has 0 amide bonds. The third-order valence-electron chi connectivity index (χ3n) is 3.08. The van der Waals surface area contributed by atoms with Crippen LogP contribution in [-0.2, 0) is 14.3 Å². The maximum atomic E-state index is 11.3. The van der Waals surface area contributed by atoms with Crippen LogP contribution in [0.25, 0.3) is 0 Å². The molecule has 0 spiro atoms. The van der Waals surface area contributed by atoms with Crippen molar-refractivity contribution in [3.05, 3.63) is 48.1 Å². The molecule has 0 N–H and O–H groups in total. The van der Waals surface area contributed by atoms with Crippen LogP contribution in [0.5, 0.6) is 0 Å². The summed E-state index contributed by atoms with van der Waals surface area (Å²) in [6.45, 7) is 3.48. The van der Waals surface area contributed by atoms with E-state index in [1.165, 1.54) is 19.1 Å². The summed E-state index contributed by atoms with van der Waals surface area (Å²) in [7, 11) is 0. The van der Waals surface area contributed by atoms with Gasteiger partial charge >= 0.3 is 5.97 Å². The number of esters is 1. The van der Waals surface area contributed by atoms with Gasteiger partial charge in [0.05, 0.1) is 0 Å². The van der Waals surface area contributed by atoms with Crippen LogP contribution in [0.4, 0.5) is 0 Å². The van der Waals surface area contributed by atoms with Gasteiger partial charge in [0.15, 0.2) is 11.4 Å². The van der Waals surface area contributed by atoms with Gasteiger partial charge in [-0.05, 0) is 42.2 Å². The average molecular weight is 244 g/mol. The molecule has 2 rings (SSSR count). The van der Waals surface area contributed by atoms with Crippen LogP contribution in [-0.4, -0.2) is 17.4 Å². The summed E-state index contributed by atoms with van der Waals surface area (Å²) < 4.78 is 5.45. The molecule has 0 aromatic heterocycles. The Hall–Kier alpha value is -1.90. The van der Waals surface area contributed by atoms with Crippen molar-refractivity contribution >= 4 is 11.8 Å². The molecule has 0 aromatic rings. The monoisotopic (exact) mass is 244 g/mol. The summed E-state index contributed by atoms with van der Waals surface area (Å²) in [6.07, 6.45) is 13.1. The molecule has 0 fully saturated rings.